The van der Waals surface area contributed by atoms with Crippen LogP contribution < -0.4 is 14.8 Å². The van der Waals surface area contributed by atoms with Crippen LogP contribution in [0.1, 0.15) is 12.8 Å². The first-order valence-electron chi connectivity index (χ1n) is 7.19. The topological polar surface area (TPSA) is 50.8 Å². The number of likely N-dealkylation sites (tertiary alicyclic amines) is 1. The SMILES string of the molecule is O=C(CN1CCCC1)NCC1COc2ccccc2O1. The minimum absolute atomic E-state index is 0.0642. The Labute approximate surface area is 118 Å². The minimum atomic E-state index is -0.118. The van der Waals surface area contributed by atoms with E-state index in [2.05, 4.69) is 10.2 Å². The average Bonchev–Trinajstić information content (AvgIpc) is 2.98. The highest BCUT2D eigenvalue weighted by Crippen LogP contribution is 2.30. The number of amides is 1. The second kappa shape index (κ2) is 6.13. The van der Waals surface area contributed by atoms with E-state index in [0.29, 0.717) is 19.7 Å². The molecular formula is C15H20N2O3. The van der Waals surface area contributed by atoms with Crippen LogP contribution in [0.3, 0.4) is 0 Å². The number of nitrogens with zero attached hydrogens (tertiary/aromatic N) is 1. The number of carbonyl (C=O) groups is 1. The first kappa shape index (κ1) is 13.2. The van der Waals surface area contributed by atoms with Gasteiger partial charge in [-0.25, -0.2) is 0 Å². The number of hydrogen-bond donors (Lipinski definition) is 1. The first-order chi connectivity index (χ1) is 9.81. The van der Waals surface area contributed by atoms with Crippen LogP contribution in [-0.4, -0.2) is 49.7 Å². The summed E-state index contributed by atoms with van der Waals surface area (Å²) in [5, 5.41) is 2.92. The number of ether oxygens (including phenoxy) is 2. The molecule has 1 N–H and O–H groups in total. The minimum Gasteiger partial charge on any atom is -0.486 e. The largest absolute Gasteiger partial charge is 0.486 e. The molecule has 1 fully saturated rings. The molecule has 2 heterocycles. The van der Waals surface area contributed by atoms with Crippen LogP contribution in [0.25, 0.3) is 0 Å². The van der Waals surface area contributed by atoms with Crippen LogP contribution in [0.5, 0.6) is 11.5 Å². The van der Waals surface area contributed by atoms with Crippen molar-refractivity contribution < 1.29 is 14.3 Å². The average molecular weight is 276 g/mol. The molecule has 1 amide bonds. The Balaban J connectivity index is 1.44. The number of rotatable bonds is 4. The fraction of sp³-hybridized carbons (Fsp3) is 0.533. The third-order valence-corrected chi connectivity index (χ3v) is 3.66. The van der Waals surface area contributed by atoms with Crippen molar-refractivity contribution in [2.75, 3.05) is 32.8 Å². The zero-order valence-corrected chi connectivity index (χ0v) is 11.5. The van der Waals surface area contributed by atoms with Crippen LogP contribution in [-0.2, 0) is 4.79 Å². The van der Waals surface area contributed by atoms with Crippen LogP contribution in [0, 0.1) is 0 Å². The highest BCUT2D eigenvalue weighted by atomic mass is 16.6. The maximum atomic E-state index is 11.8. The number of para-hydroxylation sites is 2. The van der Waals surface area contributed by atoms with E-state index in [4.69, 9.17) is 9.47 Å². The molecule has 5 heteroatoms. The maximum absolute atomic E-state index is 11.8. The van der Waals surface area contributed by atoms with Crippen LogP contribution in [0.4, 0.5) is 0 Å². The van der Waals surface area contributed by atoms with Gasteiger partial charge in [-0.3, -0.25) is 9.69 Å². The molecule has 0 bridgehead atoms. The van der Waals surface area contributed by atoms with E-state index in [1.807, 2.05) is 24.3 Å². The molecule has 0 aromatic heterocycles. The van der Waals surface area contributed by atoms with E-state index >= 15 is 0 Å². The quantitative estimate of drug-likeness (QED) is 0.892. The lowest BCUT2D eigenvalue weighted by Gasteiger charge is -2.26. The molecule has 1 unspecified atom stereocenters. The van der Waals surface area contributed by atoms with Crippen LogP contribution in [0.2, 0.25) is 0 Å². The molecular weight excluding hydrogens is 256 g/mol. The number of benzene rings is 1. The first-order valence-corrected chi connectivity index (χ1v) is 7.19. The fourth-order valence-electron chi connectivity index (χ4n) is 2.59. The predicted octanol–water partition coefficient (Wildman–Crippen LogP) is 1.04. The number of carbonyl (C=O) groups excluding carboxylic acids is 1. The van der Waals surface area contributed by atoms with Crippen molar-refractivity contribution >= 4 is 5.91 Å². The summed E-state index contributed by atoms with van der Waals surface area (Å²) in [5.74, 6) is 1.58. The van der Waals surface area contributed by atoms with Crippen molar-refractivity contribution in [3.8, 4) is 11.5 Å². The highest BCUT2D eigenvalue weighted by Gasteiger charge is 2.21. The molecule has 5 nitrogen and oxygen atoms in total. The molecule has 1 saturated heterocycles. The zero-order chi connectivity index (χ0) is 13.8. The van der Waals surface area contributed by atoms with Gasteiger partial charge in [0.1, 0.15) is 12.7 Å². The lowest BCUT2D eigenvalue weighted by atomic mass is 10.2. The van der Waals surface area contributed by atoms with Crippen molar-refractivity contribution in [3.05, 3.63) is 24.3 Å². The van der Waals surface area contributed by atoms with Gasteiger partial charge in [0, 0.05) is 0 Å². The van der Waals surface area contributed by atoms with Gasteiger partial charge in [0.05, 0.1) is 13.1 Å². The summed E-state index contributed by atoms with van der Waals surface area (Å²) in [6.07, 6.45) is 2.28. The predicted molar refractivity (Wildman–Crippen MR) is 75.0 cm³/mol. The molecule has 0 radical (unpaired) electrons. The summed E-state index contributed by atoms with van der Waals surface area (Å²) in [5.41, 5.74) is 0. The van der Waals surface area contributed by atoms with Gasteiger partial charge in [-0.1, -0.05) is 12.1 Å². The summed E-state index contributed by atoms with van der Waals surface area (Å²) in [6, 6.07) is 7.60. The molecule has 1 aromatic rings. The Kier molecular flexibility index (Phi) is 4.06. The molecule has 108 valence electrons. The molecule has 2 aliphatic rings. The van der Waals surface area contributed by atoms with E-state index in [-0.39, 0.29) is 12.0 Å². The van der Waals surface area contributed by atoms with Crippen molar-refractivity contribution in [2.24, 2.45) is 0 Å². The van der Waals surface area contributed by atoms with Crippen LogP contribution >= 0.6 is 0 Å². The molecule has 0 saturated carbocycles. The van der Waals surface area contributed by atoms with Gasteiger partial charge in [0.25, 0.3) is 0 Å². The molecule has 3 rings (SSSR count). The molecule has 0 aliphatic carbocycles. The second-order valence-corrected chi connectivity index (χ2v) is 5.28. The van der Waals surface area contributed by atoms with E-state index in [0.717, 1.165) is 24.6 Å². The van der Waals surface area contributed by atoms with E-state index in [1.165, 1.54) is 12.8 Å². The second-order valence-electron chi connectivity index (χ2n) is 5.28. The standard InChI is InChI=1S/C15H20N2O3/c18-15(10-17-7-3-4-8-17)16-9-12-11-19-13-5-1-2-6-14(13)20-12/h1-2,5-6,12H,3-4,7-11H2,(H,16,18). The van der Waals surface area contributed by atoms with Crippen molar-refractivity contribution in [2.45, 2.75) is 18.9 Å². The maximum Gasteiger partial charge on any atom is 0.234 e. The van der Waals surface area contributed by atoms with Gasteiger partial charge in [-0.15, -0.1) is 0 Å². The van der Waals surface area contributed by atoms with Crippen LogP contribution in [0.15, 0.2) is 24.3 Å². The molecule has 0 spiro atoms. The Bertz CT molecular complexity index is 472. The summed E-state index contributed by atoms with van der Waals surface area (Å²) in [4.78, 5) is 14.0. The smallest absolute Gasteiger partial charge is 0.234 e. The highest BCUT2D eigenvalue weighted by molar-refractivity contribution is 5.78. The lowest BCUT2D eigenvalue weighted by Crippen LogP contribution is -2.43. The number of nitrogens with one attached hydrogen (secondary N) is 1. The summed E-state index contributed by atoms with van der Waals surface area (Å²) < 4.78 is 11.4. The Hall–Kier alpha value is -1.75. The Morgan fingerprint density at radius 3 is 2.80 bits per heavy atom. The van der Waals surface area contributed by atoms with E-state index in [1.54, 1.807) is 0 Å². The monoisotopic (exact) mass is 276 g/mol. The van der Waals surface area contributed by atoms with Gasteiger partial charge in [-0.05, 0) is 38.1 Å². The number of fused-ring (bicyclic) bond motifs is 1. The van der Waals surface area contributed by atoms with Crippen molar-refractivity contribution in [1.29, 1.82) is 0 Å². The third kappa shape index (κ3) is 3.22. The van der Waals surface area contributed by atoms with Crippen molar-refractivity contribution in [3.63, 3.8) is 0 Å². The van der Waals surface area contributed by atoms with Gasteiger partial charge in [0.2, 0.25) is 5.91 Å². The number of hydrogen-bond acceptors (Lipinski definition) is 4. The lowest BCUT2D eigenvalue weighted by molar-refractivity contribution is -0.122. The third-order valence-electron chi connectivity index (χ3n) is 3.66. The Morgan fingerprint density at radius 2 is 2.00 bits per heavy atom. The van der Waals surface area contributed by atoms with E-state index in [9.17, 15) is 4.79 Å². The fourth-order valence-corrected chi connectivity index (χ4v) is 2.59. The zero-order valence-electron chi connectivity index (χ0n) is 11.5. The van der Waals surface area contributed by atoms with Gasteiger partial charge < -0.3 is 14.8 Å². The van der Waals surface area contributed by atoms with Gasteiger partial charge in [0.15, 0.2) is 11.5 Å². The summed E-state index contributed by atoms with van der Waals surface area (Å²) >= 11 is 0. The molecule has 1 atom stereocenters. The van der Waals surface area contributed by atoms with Gasteiger partial charge in [-0.2, -0.15) is 0 Å². The molecule has 2 aliphatic heterocycles. The summed E-state index contributed by atoms with van der Waals surface area (Å²) in [7, 11) is 0. The normalized spacial score (nSPS) is 21.7. The summed E-state index contributed by atoms with van der Waals surface area (Å²) in [6.45, 7) is 3.51. The van der Waals surface area contributed by atoms with Gasteiger partial charge >= 0.3 is 0 Å². The Morgan fingerprint density at radius 1 is 1.25 bits per heavy atom. The molecule has 20 heavy (non-hydrogen) atoms. The molecule has 1 aromatic carbocycles. The van der Waals surface area contributed by atoms with E-state index < -0.39 is 0 Å². The van der Waals surface area contributed by atoms with Crippen molar-refractivity contribution in [1.82, 2.24) is 10.2 Å².